The third kappa shape index (κ3) is 3.71. The first-order valence-electron chi connectivity index (χ1n) is 11.3. The second kappa shape index (κ2) is 7.71. The quantitative estimate of drug-likeness (QED) is 0.577. The maximum Gasteiger partial charge on any atom is 0.234 e. The fraction of sp³-hybridized carbons (Fsp3) is 0.500. The highest BCUT2D eigenvalue weighted by Crippen LogP contribution is 2.50. The molecule has 0 N–H and O–H groups in total. The van der Waals surface area contributed by atoms with Crippen molar-refractivity contribution in [3.8, 4) is 17.3 Å². The van der Waals surface area contributed by atoms with Gasteiger partial charge in [0.05, 0.1) is 18.2 Å². The summed E-state index contributed by atoms with van der Waals surface area (Å²) >= 11 is 0. The molecule has 1 aliphatic heterocycles. The molecular formula is C24H27N5O2. The van der Waals surface area contributed by atoms with Gasteiger partial charge in [0.2, 0.25) is 11.7 Å². The van der Waals surface area contributed by atoms with Crippen LogP contribution >= 0.6 is 0 Å². The molecule has 3 aliphatic rings. The summed E-state index contributed by atoms with van der Waals surface area (Å²) in [4.78, 5) is 15.7. The number of aromatic nitrogens is 4. The van der Waals surface area contributed by atoms with Crippen molar-refractivity contribution >= 4 is 0 Å². The lowest BCUT2D eigenvalue weighted by atomic mass is 9.80. The number of rotatable bonds is 7. The number of fused-ring (bicyclic) bond motifs is 1. The van der Waals surface area contributed by atoms with Crippen LogP contribution in [0.2, 0.25) is 0 Å². The predicted molar refractivity (Wildman–Crippen MR) is 114 cm³/mol. The van der Waals surface area contributed by atoms with E-state index in [0.717, 1.165) is 50.2 Å². The van der Waals surface area contributed by atoms with Crippen LogP contribution in [0, 0.1) is 11.8 Å². The standard InChI is InChI=1S/C24H27N5O2/c1-2-19-14-29(13-17-5-7-20(8-6-17)30-15-18-3-4-18)16-24(19,9-1)23-27-22(28-31-23)21-12-25-10-11-26-21/h5-8,10-12,18-19H,1-4,9,13-16H2/t19-,24-/m1/s1. The molecule has 1 aromatic carbocycles. The summed E-state index contributed by atoms with van der Waals surface area (Å²) < 4.78 is 11.7. The summed E-state index contributed by atoms with van der Waals surface area (Å²) in [6.45, 7) is 3.82. The molecule has 31 heavy (non-hydrogen) atoms. The number of hydrogen-bond acceptors (Lipinski definition) is 7. The SMILES string of the molecule is c1cnc(-c2noc([C@@]34CCC[C@@H]3CN(Cc3ccc(OCC5CC5)cc3)C4)n2)cn1. The number of benzene rings is 1. The Kier molecular flexibility index (Phi) is 4.71. The van der Waals surface area contributed by atoms with Crippen molar-refractivity contribution in [1.29, 1.82) is 0 Å². The highest BCUT2D eigenvalue weighted by molar-refractivity contribution is 5.46. The van der Waals surface area contributed by atoms with E-state index in [1.54, 1.807) is 18.6 Å². The molecule has 7 heteroatoms. The lowest BCUT2D eigenvalue weighted by Crippen LogP contribution is -2.32. The van der Waals surface area contributed by atoms with Crippen molar-refractivity contribution in [1.82, 2.24) is 25.0 Å². The van der Waals surface area contributed by atoms with E-state index in [0.29, 0.717) is 17.4 Å². The van der Waals surface area contributed by atoms with E-state index in [2.05, 4.69) is 44.3 Å². The summed E-state index contributed by atoms with van der Waals surface area (Å²) in [5.41, 5.74) is 1.93. The molecule has 7 nitrogen and oxygen atoms in total. The van der Waals surface area contributed by atoms with Crippen LogP contribution < -0.4 is 4.74 Å². The van der Waals surface area contributed by atoms with E-state index in [1.807, 2.05) is 0 Å². The van der Waals surface area contributed by atoms with Gasteiger partial charge >= 0.3 is 0 Å². The Morgan fingerprint density at radius 3 is 2.84 bits per heavy atom. The number of ether oxygens (including phenoxy) is 1. The Morgan fingerprint density at radius 2 is 2.03 bits per heavy atom. The van der Waals surface area contributed by atoms with Crippen LogP contribution in [0.3, 0.4) is 0 Å². The molecule has 1 saturated heterocycles. The zero-order valence-corrected chi connectivity index (χ0v) is 17.6. The van der Waals surface area contributed by atoms with Crippen LogP contribution in [0.4, 0.5) is 0 Å². The summed E-state index contributed by atoms with van der Waals surface area (Å²) in [5.74, 6) is 3.61. The van der Waals surface area contributed by atoms with Gasteiger partial charge in [-0.15, -0.1) is 0 Å². The van der Waals surface area contributed by atoms with Gasteiger partial charge in [0.1, 0.15) is 11.4 Å². The van der Waals surface area contributed by atoms with Crippen molar-refractivity contribution in [2.45, 2.75) is 44.1 Å². The smallest absolute Gasteiger partial charge is 0.234 e. The van der Waals surface area contributed by atoms with E-state index in [1.165, 1.54) is 31.2 Å². The van der Waals surface area contributed by atoms with Gasteiger partial charge in [0, 0.05) is 32.0 Å². The van der Waals surface area contributed by atoms with Crippen molar-refractivity contribution in [2.24, 2.45) is 11.8 Å². The molecule has 2 atom stereocenters. The molecule has 3 heterocycles. The molecule has 2 saturated carbocycles. The zero-order chi connectivity index (χ0) is 20.7. The normalized spacial score (nSPS) is 25.6. The Bertz CT molecular complexity index is 1030. The van der Waals surface area contributed by atoms with Gasteiger partial charge in [-0.1, -0.05) is 23.7 Å². The second-order valence-electron chi connectivity index (χ2n) is 9.33. The second-order valence-corrected chi connectivity index (χ2v) is 9.33. The molecule has 0 amide bonds. The van der Waals surface area contributed by atoms with Crippen LogP contribution in [0.1, 0.15) is 43.6 Å². The lowest BCUT2D eigenvalue weighted by Gasteiger charge is -2.24. The largest absolute Gasteiger partial charge is 0.493 e. The maximum absolute atomic E-state index is 5.88. The average molecular weight is 418 g/mol. The molecule has 0 unspecified atom stereocenters. The maximum atomic E-state index is 5.88. The predicted octanol–water partition coefficient (Wildman–Crippen LogP) is 3.87. The number of likely N-dealkylation sites (tertiary alicyclic amines) is 1. The fourth-order valence-corrected chi connectivity index (χ4v) is 5.26. The third-order valence-electron chi connectivity index (χ3n) is 7.10. The first-order valence-corrected chi connectivity index (χ1v) is 11.3. The van der Waals surface area contributed by atoms with Crippen molar-refractivity contribution in [3.05, 3.63) is 54.3 Å². The van der Waals surface area contributed by atoms with Gasteiger partial charge < -0.3 is 9.26 Å². The number of hydrogen-bond donors (Lipinski definition) is 0. The average Bonchev–Trinajstić information content (AvgIpc) is 3.18. The molecule has 2 aliphatic carbocycles. The van der Waals surface area contributed by atoms with Crippen LogP contribution in [0.25, 0.3) is 11.5 Å². The molecule has 0 bridgehead atoms. The molecule has 6 rings (SSSR count). The first kappa shape index (κ1) is 18.9. The van der Waals surface area contributed by atoms with E-state index < -0.39 is 0 Å². The molecule has 3 fully saturated rings. The Balaban J connectivity index is 1.16. The molecule has 0 spiro atoms. The molecule has 160 valence electrons. The fourth-order valence-electron chi connectivity index (χ4n) is 5.26. The summed E-state index contributed by atoms with van der Waals surface area (Å²) in [6.07, 6.45) is 11.1. The van der Waals surface area contributed by atoms with Gasteiger partial charge in [0.15, 0.2) is 0 Å². The van der Waals surface area contributed by atoms with Gasteiger partial charge in [-0.3, -0.25) is 9.88 Å². The van der Waals surface area contributed by atoms with Crippen LogP contribution in [0.15, 0.2) is 47.4 Å². The highest BCUT2D eigenvalue weighted by Gasteiger charge is 2.54. The molecule has 0 radical (unpaired) electrons. The van der Waals surface area contributed by atoms with E-state index >= 15 is 0 Å². The van der Waals surface area contributed by atoms with Crippen molar-refractivity contribution in [2.75, 3.05) is 19.7 Å². The minimum atomic E-state index is -0.0409. The zero-order valence-electron chi connectivity index (χ0n) is 17.6. The number of nitrogens with zero attached hydrogens (tertiary/aromatic N) is 5. The van der Waals surface area contributed by atoms with Crippen molar-refractivity contribution < 1.29 is 9.26 Å². The van der Waals surface area contributed by atoms with Crippen LogP contribution in [-0.2, 0) is 12.0 Å². The molecular weight excluding hydrogens is 390 g/mol. The topological polar surface area (TPSA) is 77.2 Å². The Hall–Kier alpha value is -2.80. The van der Waals surface area contributed by atoms with Gasteiger partial charge in [-0.25, -0.2) is 4.98 Å². The first-order chi connectivity index (χ1) is 15.3. The summed E-state index contributed by atoms with van der Waals surface area (Å²) in [5, 5.41) is 4.22. The van der Waals surface area contributed by atoms with Crippen molar-refractivity contribution in [3.63, 3.8) is 0 Å². The summed E-state index contributed by atoms with van der Waals surface area (Å²) in [6, 6.07) is 8.61. The minimum absolute atomic E-state index is 0.0409. The van der Waals surface area contributed by atoms with Crippen LogP contribution in [0.5, 0.6) is 5.75 Å². The van der Waals surface area contributed by atoms with Gasteiger partial charge in [-0.2, -0.15) is 4.98 Å². The Labute approximate surface area is 181 Å². The third-order valence-corrected chi connectivity index (χ3v) is 7.10. The lowest BCUT2D eigenvalue weighted by molar-refractivity contribution is 0.245. The van der Waals surface area contributed by atoms with E-state index in [9.17, 15) is 0 Å². The highest BCUT2D eigenvalue weighted by atomic mass is 16.5. The summed E-state index contributed by atoms with van der Waals surface area (Å²) in [7, 11) is 0. The Morgan fingerprint density at radius 1 is 1.13 bits per heavy atom. The van der Waals surface area contributed by atoms with E-state index in [4.69, 9.17) is 14.2 Å². The van der Waals surface area contributed by atoms with E-state index in [-0.39, 0.29) is 5.41 Å². The van der Waals surface area contributed by atoms with Crippen LogP contribution in [-0.4, -0.2) is 44.7 Å². The molecule has 2 aromatic heterocycles. The molecule has 3 aromatic rings. The minimum Gasteiger partial charge on any atom is -0.493 e. The van der Waals surface area contributed by atoms with Gasteiger partial charge in [0.25, 0.3) is 0 Å². The monoisotopic (exact) mass is 417 g/mol. The van der Waals surface area contributed by atoms with Gasteiger partial charge in [-0.05, 0) is 55.2 Å².